The Morgan fingerprint density at radius 3 is 2.44 bits per heavy atom. The molecule has 0 aliphatic heterocycles. The maximum atomic E-state index is 14.1. The van der Waals surface area contributed by atoms with Gasteiger partial charge in [-0.1, -0.05) is 6.07 Å². The second-order valence-electron chi connectivity index (χ2n) is 7.70. The first-order valence-electron chi connectivity index (χ1n) is 10.4. The molecule has 4 N–H and O–H groups in total. The van der Waals surface area contributed by atoms with Gasteiger partial charge in [-0.15, -0.1) is 0 Å². The lowest BCUT2D eigenvalue weighted by atomic mass is 10.1. The number of methoxy groups -OCH3 is 1. The number of aromatic nitrogens is 3. The summed E-state index contributed by atoms with van der Waals surface area (Å²) in [4.78, 5) is 16.2. The fourth-order valence-corrected chi connectivity index (χ4v) is 4.68. The zero-order valence-electron chi connectivity index (χ0n) is 19.4. The predicted octanol–water partition coefficient (Wildman–Crippen LogP) is 4.05. The number of pyridine rings is 1. The topological polar surface area (TPSA) is 149 Å². The molecule has 0 aliphatic carbocycles. The Hall–Kier alpha value is -4.26. The van der Waals surface area contributed by atoms with E-state index in [0.717, 1.165) is 28.7 Å². The molecule has 0 atom stereocenters. The van der Waals surface area contributed by atoms with Crippen LogP contribution < -0.4 is 15.2 Å². The molecule has 13 heteroatoms. The summed E-state index contributed by atoms with van der Waals surface area (Å²) in [7, 11) is -3.06. The monoisotopic (exact) mass is 519 g/mol. The van der Waals surface area contributed by atoms with Gasteiger partial charge in [0.15, 0.2) is 0 Å². The van der Waals surface area contributed by atoms with Crippen LogP contribution in [-0.4, -0.2) is 41.6 Å². The smallest absolute Gasteiger partial charge is 0.290 e. The molecule has 10 nitrogen and oxygen atoms in total. The molecular weight excluding hydrogens is 496 g/mol. The molecule has 4 rings (SSSR count). The van der Waals surface area contributed by atoms with Crippen molar-refractivity contribution in [1.82, 2.24) is 14.5 Å². The molecule has 0 saturated carbocycles. The van der Waals surface area contributed by atoms with Crippen molar-refractivity contribution in [2.24, 2.45) is 0 Å². The summed E-state index contributed by atoms with van der Waals surface area (Å²) in [5, 5.41) is 6.89. The first kappa shape index (κ1) is 26.3. The van der Waals surface area contributed by atoms with Gasteiger partial charge in [0.25, 0.3) is 16.5 Å². The molecule has 0 spiro atoms. The lowest BCUT2D eigenvalue weighted by Gasteiger charge is -2.14. The number of ether oxygens (including phenoxy) is 1. The highest BCUT2D eigenvalue weighted by molar-refractivity contribution is 7.92. The van der Waals surface area contributed by atoms with Crippen molar-refractivity contribution >= 4 is 39.2 Å². The number of nitrogens with two attached hydrogens (primary N) is 1. The van der Waals surface area contributed by atoms with E-state index in [0.29, 0.717) is 17.6 Å². The number of carboxylic acid groups (broad SMARTS) is 1. The summed E-state index contributed by atoms with van der Waals surface area (Å²) < 4.78 is 62.2. The molecule has 0 fully saturated rings. The third kappa shape index (κ3) is 5.35. The van der Waals surface area contributed by atoms with Crippen LogP contribution in [0.4, 0.5) is 20.4 Å². The van der Waals surface area contributed by atoms with E-state index >= 15 is 0 Å². The fraction of sp³-hybridized carbons (Fsp3) is 0.174. The van der Waals surface area contributed by atoms with E-state index in [4.69, 9.17) is 20.4 Å². The summed E-state index contributed by atoms with van der Waals surface area (Å²) >= 11 is 0. The van der Waals surface area contributed by atoms with Gasteiger partial charge in [-0.2, -0.15) is 0 Å². The number of rotatable bonds is 6. The van der Waals surface area contributed by atoms with Gasteiger partial charge in [-0.3, -0.25) is 9.52 Å². The average Bonchev–Trinajstić information content (AvgIpc) is 3.14. The van der Waals surface area contributed by atoms with E-state index in [2.05, 4.69) is 14.7 Å². The molecule has 36 heavy (non-hydrogen) atoms. The minimum absolute atomic E-state index is 0.00398. The van der Waals surface area contributed by atoms with E-state index in [1.54, 1.807) is 6.07 Å². The molecule has 0 saturated heterocycles. The SMILES string of the molecule is COc1ncc(-c2ccc3nc(N)n(C(C)C)c3c2)cc1NS(=O)(=O)c1ccc(F)cc1F.O=CO. The quantitative estimate of drug-likeness (QED) is 0.323. The predicted molar refractivity (Wildman–Crippen MR) is 130 cm³/mol. The Balaban J connectivity index is 0.00000115. The van der Waals surface area contributed by atoms with Crippen molar-refractivity contribution in [3.63, 3.8) is 0 Å². The normalized spacial score (nSPS) is 11.2. The maximum absolute atomic E-state index is 14.1. The van der Waals surface area contributed by atoms with Gasteiger partial charge in [0, 0.05) is 23.9 Å². The van der Waals surface area contributed by atoms with Crippen LogP contribution in [-0.2, 0) is 14.8 Å². The second-order valence-corrected chi connectivity index (χ2v) is 9.35. The van der Waals surface area contributed by atoms with Gasteiger partial charge >= 0.3 is 0 Å². The van der Waals surface area contributed by atoms with Gasteiger partial charge < -0.3 is 20.1 Å². The van der Waals surface area contributed by atoms with Gasteiger partial charge in [-0.05, 0) is 49.7 Å². The van der Waals surface area contributed by atoms with Crippen molar-refractivity contribution < 1.29 is 31.8 Å². The van der Waals surface area contributed by atoms with Crippen LogP contribution in [0.1, 0.15) is 19.9 Å². The number of nitrogens with one attached hydrogen (secondary N) is 1. The van der Waals surface area contributed by atoms with Gasteiger partial charge in [0.1, 0.15) is 22.2 Å². The zero-order chi connectivity index (χ0) is 26.6. The molecule has 0 aliphatic rings. The number of hydrogen-bond donors (Lipinski definition) is 3. The lowest BCUT2D eigenvalue weighted by Crippen LogP contribution is -2.15. The third-order valence-corrected chi connectivity index (χ3v) is 6.44. The lowest BCUT2D eigenvalue weighted by molar-refractivity contribution is -0.122. The fourth-order valence-electron chi connectivity index (χ4n) is 3.57. The minimum Gasteiger partial charge on any atom is -0.483 e. The Morgan fingerprint density at radius 2 is 1.83 bits per heavy atom. The molecular formula is C23H23F2N5O5S. The largest absolute Gasteiger partial charge is 0.483 e. The van der Waals surface area contributed by atoms with Crippen LogP contribution in [0.15, 0.2) is 53.6 Å². The number of nitrogens with zero attached hydrogens (tertiary/aromatic N) is 3. The van der Waals surface area contributed by atoms with E-state index in [9.17, 15) is 17.2 Å². The summed E-state index contributed by atoms with van der Waals surface area (Å²) in [6, 6.07) is 9.30. The first-order valence-corrected chi connectivity index (χ1v) is 11.9. The number of imidazole rings is 1. The highest BCUT2D eigenvalue weighted by Gasteiger charge is 2.22. The van der Waals surface area contributed by atoms with Crippen LogP contribution in [0.5, 0.6) is 5.88 Å². The number of halogens is 2. The van der Waals surface area contributed by atoms with Crippen LogP contribution in [0.25, 0.3) is 22.2 Å². The maximum Gasteiger partial charge on any atom is 0.290 e. The van der Waals surface area contributed by atoms with E-state index < -0.39 is 26.6 Å². The van der Waals surface area contributed by atoms with Crippen LogP contribution in [0.3, 0.4) is 0 Å². The molecule has 0 bridgehead atoms. The molecule has 190 valence electrons. The van der Waals surface area contributed by atoms with Crippen molar-refractivity contribution in [1.29, 1.82) is 0 Å². The Bertz CT molecular complexity index is 1520. The molecule has 2 aromatic heterocycles. The summed E-state index contributed by atoms with van der Waals surface area (Å²) in [5.74, 6) is -1.72. The standard InChI is InChI=1S/C22H21F2N5O3S.CH2O2/c1-12(2)29-19-9-13(4-6-17(19)27-22(29)25)14-8-18(21(32-3)26-11-14)28-33(30,31)20-7-5-15(23)10-16(20)24;2-1-3/h4-12,28H,1-3H3,(H2,25,27);1H,(H,2,3). The molecule has 0 radical (unpaired) electrons. The molecule has 0 unspecified atom stereocenters. The van der Waals surface area contributed by atoms with Gasteiger partial charge in [-0.25, -0.2) is 27.2 Å². The highest BCUT2D eigenvalue weighted by Crippen LogP contribution is 2.33. The second kappa shape index (κ2) is 10.6. The summed E-state index contributed by atoms with van der Waals surface area (Å²) in [6.07, 6.45) is 1.52. The first-order chi connectivity index (χ1) is 17.0. The Kier molecular flexibility index (Phi) is 7.73. The van der Waals surface area contributed by atoms with Crippen LogP contribution in [0.2, 0.25) is 0 Å². The Labute approximate surface area is 205 Å². The number of nitrogen functional groups attached to an aromatic ring is 1. The van der Waals surface area contributed by atoms with E-state index in [-0.39, 0.29) is 24.1 Å². The minimum atomic E-state index is -4.38. The third-order valence-electron chi connectivity index (χ3n) is 5.04. The number of fused-ring (bicyclic) bond motifs is 1. The van der Waals surface area contributed by atoms with Crippen molar-refractivity contribution in [3.05, 3.63) is 60.3 Å². The highest BCUT2D eigenvalue weighted by atomic mass is 32.2. The average molecular weight is 520 g/mol. The number of sulfonamides is 1. The number of carbonyl (C=O) groups is 1. The molecule has 2 aromatic carbocycles. The Morgan fingerprint density at radius 1 is 1.14 bits per heavy atom. The van der Waals surface area contributed by atoms with E-state index in [1.165, 1.54) is 19.4 Å². The van der Waals surface area contributed by atoms with Crippen molar-refractivity contribution in [2.75, 3.05) is 17.6 Å². The van der Waals surface area contributed by atoms with E-state index in [1.807, 2.05) is 30.5 Å². The van der Waals surface area contributed by atoms with Gasteiger partial charge in [0.2, 0.25) is 11.8 Å². The van der Waals surface area contributed by atoms with Crippen LogP contribution in [0, 0.1) is 11.6 Å². The molecule has 2 heterocycles. The van der Waals surface area contributed by atoms with Gasteiger partial charge in [0.05, 0.1) is 18.1 Å². The summed E-state index contributed by atoms with van der Waals surface area (Å²) in [6.45, 7) is 3.72. The van der Waals surface area contributed by atoms with Crippen molar-refractivity contribution in [2.45, 2.75) is 24.8 Å². The summed E-state index contributed by atoms with van der Waals surface area (Å²) in [5.41, 5.74) is 8.88. The number of benzene rings is 2. The molecule has 4 aromatic rings. The van der Waals surface area contributed by atoms with Crippen molar-refractivity contribution in [3.8, 4) is 17.0 Å². The zero-order valence-corrected chi connectivity index (χ0v) is 20.3. The number of anilines is 2. The molecule has 0 amide bonds. The van der Waals surface area contributed by atoms with Crippen LogP contribution >= 0.6 is 0 Å². The number of hydrogen-bond acceptors (Lipinski definition) is 7.